The second-order valence-corrected chi connectivity index (χ2v) is 4.74. The van der Waals surface area contributed by atoms with Gasteiger partial charge in [0.2, 0.25) is 0 Å². The maximum atomic E-state index is 11.2. The number of carboxylic acid groups (broad SMARTS) is 1. The van der Waals surface area contributed by atoms with Gasteiger partial charge in [0.25, 0.3) is 0 Å². The predicted molar refractivity (Wildman–Crippen MR) is 76.7 cm³/mol. The Bertz CT molecular complexity index is 386. The van der Waals surface area contributed by atoms with Crippen LogP contribution in [0.3, 0.4) is 0 Å². The Morgan fingerprint density at radius 2 is 1.59 bits per heavy atom. The lowest BCUT2D eigenvalue weighted by molar-refractivity contribution is -0.258. The predicted octanol–water partition coefficient (Wildman–Crippen LogP) is 1.22. The zero-order valence-corrected chi connectivity index (χ0v) is 13.4. The summed E-state index contributed by atoms with van der Waals surface area (Å²) < 4.78 is 4.63. The molecular formula is C14H24O8. The van der Waals surface area contributed by atoms with Crippen LogP contribution in [0.2, 0.25) is 0 Å². The number of aliphatic hydroxyl groups is 1. The molecule has 0 fully saturated rings. The maximum absolute atomic E-state index is 11.2. The van der Waals surface area contributed by atoms with E-state index < -0.39 is 36.4 Å². The smallest absolute Gasteiger partial charge is 0.345 e. The van der Waals surface area contributed by atoms with Crippen molar-refractivity contribution < 1.29 is 39.1 Å². The van der Waals surface area contributed by atoms with Crippen LogP contribution in [0.1, 0.15) is 40.0 Å². The summed E-state index contributed by atoms with van der Waals surface area (Å²) in [6, 6.07) is 0. The molecule has 1 atom stereocenters. The van der Waals surface area contributed by atoms with Crippen LogP contribution in [-0.4, -0.2) is 47.4 Å². The maximum Gasteiger partial charge on any atom is 0.345 e. The van der Waals surface area contributed by atoms with Gasteiger partial charge in [-0.3, -0.25) is 9.68 Å². The van der Waals surface area contributed by atoms with Gasteiger partial charge < -0.3 is 14.9 Å². The van der Waals surface area contributed by atoms with E-state index in [9.17, 15) is 19.5 Å². The molecule has 0 radical (unpaired) electrons. The van der Waals surface area contributed by atoms with Crippen molar-refractivity contribution in [3.8, 4) is 0 Å². The van der Waals surface area contributed by atoms with E-state index >= 15 is 0 Å². The van der Waals surface area contributed by atoms with Crippen molar-refractivity contribution in [2.75, 3.05) is 13.7 Å². The molecule has 2 N–H and O–H groups in total. The Hall–Kier alpha value is -1.93. The summed E-state index contributed by atoms with van der Waals surface area (Å²) in [4.78, 5) is 41.2. The van der Waals surface area contributed by atoms with Crippen molar-refractivity contribution >= 4 is 17.9 Å². The molecule has 0 amide bonds. The number of carbonyl (C=O) groups is 3. The van der Waals surface area contributed by atoms with E-state index in [1.165, 1.54) is 5.57 Å². The van der Waals surface area contributed by atoms with Crippen molar-refractivity contribution in [1.82, 2.24) is 0 Å². The fourth-order valence-corrected chi connectivity index (χ4v) is 1.08. The third kappa shape index (κ3) is 11.9. The summed E-state index contributed by atoms with van der Waals surface area (Å²) in [7, 11) is 1.05. The highest BCUT2D eigenvalue weighted by Gasteiger charge is 2.42. The molecule has 0 aromatic rings. The first kappa shape index (κ1) is 22.4. The summed E-state index contributed by atoms with van der Waals surface area (Å²) in [6.07, 6.45) is -1.21. The number of aliphatic carboxylic acids is 1. The van der Waals surface area contributed by atoms with Crippen LogP contribution >= 0.6 is 0 Å². The molecule has 0 saturated heterocycles. The zero-order chi connectivity index (χ0) is 17.8. The molecule has 0 aliphatic heterocycles. The van der Waals surface area contributed by atoms with Crippen LogP contribution in [0.25, 0.3) is 0 Å². The number of hydrogen-bond acceptors (Lipinski definition) is 7. The van der Waals surface area contributed by atoms with E-state index in [0.29, 0.717) is 6.42 Å². The molecule has 0 heterocycles. The molecular weight excluding hydrogens is 296 g/mol. The topological polar surface area (TPSA) is 119 Å². The van der Waals surface area contributed by atoms with E-state index in [-0.39, 0.29) is 6.61 Å². The monoisotopic (exact) mass is 320 g/mol. The minimum atomic E-state index is -2.57. The first-order valence-corrected chi connectivity index (χ1v) is 6.56. The summed E-state index contributed by atoms with van der Waals surface area (Å²) in [5, 5.41) is 18.5. The standard InChI is InChI=1S/C10H16O8.C4H8/c1-3-4-17-7(11)5-10(15,9(13)14)6-8(12)18-16-2;1-4(2)3/h15H,3-6H2,1-2H3,(H,13,14);1H2,2-3H3. The fourth-order valence-electron chi connectivity index (χ4n) is 1.08. The normalized spacial score (nSPS) is 12.2. The summed E-state index contributed by atoms with van der Waals surface area (Å²) in [6.45, 7) is 9.36. The van der Waals surface area contributed by atoms with Crippen LogP contribution in [0, 0.1) is 0 Å². The van der Waals surface area contributed by atoms with Gasteiger partial charge in [-0.05, 0) is 20.3 Å². The largest absolute Gasteiger partial charge is 0.479 e. The van der Waals surface area contributed by atoms with Gasteiger partial charge >= 0.3 is 17.9 Å². The molecule has 22 heavy (non-hydrogen) atoms. The van der Waals surface area contributed by atoms with Crippen molar-refractivity contribution in [2.45, 2.75) is 45.6 Å². The molecule has 8 heteroatoms. The number of esters is 1. The molecule has 0 saturated carbocycles. The quantitative estimate of drug-likeness (QED) is 0.296. The Balaban J connectivity index is 0. The lowest BCUT2D eigenvalue weighted by atomic mass is 9.96. The number of carboxylic acids is 1. The highest BCUT2D eigenvalue weighted by molar-refractivity contribution is 5.88. The summed E-state index contributed by atoms with van der Waals surface area (Å²) in [5.41, 5.74) is -1.40. The first-order chi connectivity index (χ1) is 10.1. The van der Waals surface area contributed by atoms with Gasteiger partial charge in [-0.15, -0.1) is 6.58 Å². The molecule has 8 nitrogen and oxygen atoms in total. The average molecular weight is 320 g/mol. The molecule has 0 aromatic carbocycles. The van der Waals surface area contributed by atoms with Gasteiger partial charge in [0.1, 0.15) is 0 Å². The van der Waals surface area contributed by atoms with Crippen LogP contribution in [0.4, 0.5) is 0 Å². The number of ether oxygens (including phenoxy) is 1. The van der Waals surface area contributed by atoms with Crippen LogP contribution in [0.15, 0.2) is 12.2 Å². The van der Waals surface area contributed by atoms with Crippen molar-refractivity contribution in [2.24, 2.45) is 0 Å². The van der Waals surface area contributed by atoms with Gasteiger partial charge in [-0.25, -0.2) is 9.59 Å². The van der Waals surface area contributed by atoms with Gasteiger partial charge in [0.15, 0.2) is 5.60 Å². The highest BCUT2D eigenvalue weighted by atomic mass is 17.2. The molecule has 0 rings (SSSR count). The molecule has 0 aromatic heterocycles. The SMILES string of the molecule is C=C(C)C.CCCOC(=O)CC(O)(CC(=O)OOC)C(=O)O. The van der Waals surface area contributed by atoms with Crippen molar-refractivity contribution in [1.29, 1.82) is 0 Å². The Morgan fingerprint density at radius 1 is 1.14 bits per heavy atom. The van der Waals surface area contributed by atoms with E-state index in [1.807, 2.05) is 13.8 Å². The fraction of sp³-hybridized carbons (Fsp3) is 0.643. The second kappa shape index (κ2) is 11.7. The van der Waals surface area contributed by atoms with Crippen LogP contribution in [0.5, 0.6) is 0 Å². The summed E-state index contributed by atoms with van der Waals surface area (Å²) in [5.74, 6) is -3.73. The van der Waals surface area contributed by atoms with Gasteiger partial charge in [-0.2, -0.15) is 4.89 Å². The Morgan fingerprint density at radius 3 is 1.95 bits per heavy atom. The van der Waals surface area contributed by atoms with E-state index in [2.05, 4.69) is 21.1 Å². The number of rotatable bonds is 8. The third-order valence-electron chi connectivity index (χ3n) is 1.92. The van der Waals surface area contributed by atoms with E-state index in [0.717, 1.165) is 7.11 Å². The van der Waals surface area contributed by atoms with Crippen LogP contribution < -0.4 is 0 Å². The lowest BCUT2D eigenvalue weighted by Gasteiger charge is -2.20. The molecule has 128 valence electrons. The molecule has 1 unspecified atom stereocenters. The summed E-state index contributed by atoms with van der Waals surface area (Å²) >= 11 is 0. The second-order valence-electron chi connectivity index (χ2n) is 4.74. The van der Waals surface area contributed by atoms with Gasteiger partial charge in [0, 0.05) is 0 Å². The molecule has 0 spiro atoms. The molecule has 0 aliphatic carbocycles. The van der Waals surface area contributed by atoms with Gasteiger partial charge in [0.05, 0.1) is 26.6 Å². The average Bonchev–Trinajstić information content (AvgIpc) is 2.35. The Kier molecular flexibility index (Phi) is 11.9. The van der Waals surface area contributed by atoms with E-state index in [1.54, 1.807) is 6.92 Å². The minimum absolute atomic E-state index is 0.108. The Labute approximate surface area is 129 Å². The number of carbonyl (C=O) groups excluding carboxylic acids is 2. The zero-order valence-electron chi connectivity index (χ0n) is 13.4. The molecule has 0 bridgehead atoms. The van der Waals surface area contributed by atoms with E-state index in [4.69, 9.17) is 5.11 Å². The van der Waals surface area contributed by atoms with Crippen molar-refractivity contribution in [3.63, 3.8) is 0 Å². The van der Waals surface area contributed by atoms with Gasteiger partial charge in [-0.1, -0.05) is 12.5 Å². The lowest BCUT2D eigenvalue weighted by Crippen LogP contribution is -2.43. The first-order valence-electron chi connectivity index (χ1n) is 6.56. The van der Waals surface area contributed by atoms with Crippen LogP contribution in [-0.2, 0) is 28.9 Å². The molecule has 0 aliphatic rings. The third-order valence-corrected chi connectivity index (χ3v) is 1.92. The number of allylic oxidation sites excluding steroid dienone is 1. The van der Waals surface area contributed by atoms with Crippen molar-refractivity contribution in [3.05, 3.63) is 12.2 Å². The highest BCUT2D eigenvalue weighted by Crippen LogP contribution is 2.18. The minimum Gasteiger partial charge on any atom is -0.479 e. The number of hydrogen-bond donors (Lipinski definition) is 2.